The van der Waals surface area contributed by atoms with Gasteiger partial charge in [0.25, 0.3) is 0 Å². The monoisotopic (exact) mass is 155 g/mol. The molecule has 0 aliphatic heterocycles. The number of aliphatic hydroxyl groups is 1. The maximum atomic E-state index is 9.22. The summed E-state index contributed by atoms with van der Waals surface area (Å²) >= 11 is 0. The molecule has 0 aliphatic rings. The van der Waals surface area contributed by atoms with Crippen LogP contribution in [0.4, 0.5) is 0 Å². The Bertz CT molecular complexity index is 186. The van der Waals surface area contributed by atoms with Crippen LogP contribution in [0, 0.1) is 6.20 Å². The quantitative estimate of drug-likeness (QED) is 0.648. The van der Waals surface area contributed by atoms with Crippen LogP contribution in [-0.2, 0) is 11.3 Å². The summed E-state index contributed by atoms with van der Waals surface area (Å²) < 4.78 is 6.37. The second-order valence-corrected chi connectivity index (χ2v) is 2.28. The van der Waals surface area contributed by atoms with Crippen LogP contribution in [0.1, 0.15) is 0 Å². The molecule has 1 N–H and O–H groups in total. The van der Waals surface area contributed by atoms with Crippen molar-refractivity contribution in [2.75, 3.05) is 13.7 Å². The van der Waals surface area contributed by atoms with E-state index in [0.29, 0.717) is 13.2 Å². The van der Waals surface area contributed by atoms with Gasteiger partial charge in [-0.1, -0.05) is 0 Å². The molecule has 0 saturated carbocycles. The van der Waals surface area contributed by atoms with Gasteiger partial charge in [0.05, 0.1) is 19.3 Å². The van der Waals surface area contributed by atoms with Crippen molar-refractivity contribution in [1.29, 1.82) is 0 Å². The maximum absolute atomic E-state index is 9.22. The number of hydrogen-bond donors (Lipinski definition) is 1. The summed E-state index contributed by atoms with van der Waals surface area (Å²) in [6, 6.07) is 1.69. The van der Waals surface area contributed by atoms with Crippen molar-refractivity contribution in [2.24, 2.45) is 0 Å². The third-order valence-corrected chi connectivity index (χ3v) is 1.26. The van der Waals surface area contributed by atoms with Crippen molar-refractivity contribution >= 4 is 0 Å². The minimum atomic E-state index is -0.492. The summed E-state index contributed by atoms with van der Waals surface area (Å²) in [5.41, 5.74) is 0. The largest absolute Gasteiger partial charge is 0.389 e. The van der Waals surface area contributed by atoms with Crippen molar-refractivity contribution in [3.05, 3.63) is 18.5 Å². The number of aliphatic hydroxyl groups excluding tert-OH is 1. The Morgan fingerprint density at radius 3 is 3.18 bits per heavy atom. The molecule has 4 heteroatoms. The molecule has 0 amide bonds. The Hall–Kier alpha value is -0.870. The molecule has 1 heterocycles. The van der Waals surface area contributed by atoms with Gasteiger partial charge in [0, 0.05) is 13.3 Å². The van der Waals surface area contributed by atoms with E-state index >= 15 is 0 Å². The minimum absolute atomic E-state index is 0.333. The first-order chi connectivity index (χ1) is 5.33. The van der Waals surface area contributed by atoms with Crippen LogP contribution < -0.4 is 0 Å². The Morgan fingerprint density at radius 2 is 2.64 bits per heavy atom. The Morgan fingerprint density at radius 1 is 1.82 bits per heavy atom. The molecular formula is C7H11N2O2. The molecule has 0 aliphatic carbocycles. The third kappa shape index (κ3) is 2.69. The molecule has 4 nitrogen and oxygen atoms in total. The average molecular weight is 155 g/mol. The summed E-state index contributed by atoms with van der Waals surface area (Å²) in [4.78, 5) is 0. The minimum Gasteiger partial charge on any atom is -0.389 e. The smallest absolute Gasteiger partial charge is 0.113 e. The number of rotatable bonds is 4. The standard InChI is InChI=1S/C7H11N2O2/c1-11-6-7(10)5-9-4-2-3-8-9/h2,4,7,10H,5-6H2,1H3. The Labute approximate surface area is 65.4 Å². The van der Waals surface area contributed by atoms with Crippen molar-refractivity contribution in [2.45, 2.75) is 12.6 Å². The Balaban J connectivity index is 2.31. The molecule has 1 radical (unpaired) electrons. The number of ether oxygens (including phenoxy) is 1. The van der Waals surface area contributed by atoms with E-state index in [1.165, 1.54) is 0 Å². The zero-order chi connectivity index (χ0) is 8.10. The Kier molecular flexibility index (Phi) is 3.07. The van der Waals surface area contributed by atoms with Crippen molar-refractivity contribution in [1.82, 2.24) is 9.78 Å². The average Bonchev–Trinajstić information content (AvgIpc) is 2.40. The normalized spacial score (nSPS) is 13.3. The van der Waals surface area contributed by atoms with Gasteiger partial charge in [-0.25, -0.2) is 0 Å². The highest BCUT2D eigenvalue weighted by Gasteiger charge is 2.03. The molecule has 0 bridgehead atoms. The molecule has 1 aromatic rings. The summed E-state index contributed by atoms with van der Waals surface area (Å²) in [6.07, 6.45) is 3.89. The molecule has 1 aromatic heterocycles. The molecule has 1 atom stereocenters. The van der Waals surface area contributed by atoms with Crippen molar-refractivity contribution in [3.63, 3.8) is 0 Å². The van der Waals surface area contributed by atoms with Crippen LogP contribution in [0.3, 0.4) is 0 Å². The lowest BCUT2D eigenvalue weighted by molar-refractivity contribution is 0.0514. The predicted octanol–water partition coefficient (Wildman–Crippen LogP) is -0.309. The molecule has 61 valence electrons. The van der Waals surface area contributed by atoms with E-state index < -0.39 is 6.10 Å². The van der Waals surface area contributed by atoms with Crippen LogP contribution in [0.15, 0.2) is 12.3 Å². The summed E-state index contributed by atoms with van der Waals surface area (Å²) in [7, 11) is 1.55. The summed E-state index contributed by atoms with van der Waals surface area (Å²) in [6.45, 7) is 0.789. The first kappa shape index (κ1) is 8.23. The highest BCUT2D eigenvalue weighted by atomic mass is 16.5. The highest BCUT2D eigenvalue weighted by Crippen LogP contribution is 1.90. The summed E-state index contributed by atoms with van der Waals surface area (Å²) in [5, 5.41) is 13.0. The van der Waals surface area contributed by atoms with Gasteiger partial charge in [-0.15, -0.1) is 0 Å². The number of nitrogens with zero attached hydrogens (tertiary/aromatic N) is 2. The SMILES string of the molecule is COCC(O)Cn1cc[c]n1. The third-order valence-electron chi connectivity index (χ3n) is 1.26. The van der Waals surface area contributed by atoms with Crippen molar-refractivity contribution < 1.29 is 9.84 Å². The van der Waals surface area contributed by atoms with Crippen molar-refractivity contribution in [3.8, 4) is 0 Å². The second kappa shape index (κ2) is 4.10. The van der Waals surface area contributed by atoms with Crippen LogP contribution in [0.25, 0.3) is 0 Å². The summed E-state index contributed by atoms with van der Waals surface area (Å²) in [5.74, 6) is 0. The van der Waals surface area contributed by atoms with Gasteiger partial charge in [-0.05, 0) is 6.07 Å². The van der Waals surface area contributed by atoms with Crippen LogP contribution in [0.5, 0.6) is 0 Å². The van der Waals surface area contributed by atoms with Gasteiger partial charge in [0.15, 0.2) is 0 Å². The van der Waals surface area contributed by atoms with E-state index in [0.717, 1.165) is 0 Å². The lowest BCUT2D eigenvalue weighted by Crippen LogP contribution is -2.21. The number of hydrogen-bond acceptors (Lipinski definition) is 3. The van der Waals surface area contributed by atoms with E-state index in [9.17, 15) is 5.11 Å². The van der Waals surface area contributed by atoms with E-state index in [1.807, 2.05) is 0 Å². The molecule has 11 heavy (non-hydrogen) atoms. The fourth-order valence-corrected chi connectivity index (χ4v) is 0.823. The maximum Gasteiger partial charge on any atom is 0.113 e. The van der Waals surface area contributed by atoms with Gasteiger partial charge < -0.3 is 9.84 Å². The van der Waals surface area contributed by atoms with E-state index in [-0.39, 0.29) is 0 Å². The topological polar surface area (TPSA) is 47.3 Å². The first-order valence-corrected chi connectivity index (χ1v) is 3.39. The van der Waals surface area contributed by atoms with Gasteiger partial charge in [0.1, 0.15) is 6.20 Å². The lowest BCUT2D eigenvalue weighted by atomic mass is 10.4. The number of aromatic nitrogens is 2. The van der Waals surface area contributed by atoms with E-state index in [2.05, 4.69) is 11.3 Å². The first-order valence-electron chi connectivity index (χ1n) is 3.39. The molecule has 0 aromatic carbocycles. The molecule has 0 fully saturated rings. The zero-order valence-electron chi connectivity index (χ0n) is 6.40. The van der Waals surface area contributed by atoms with Gasteiger partial charge in [-0.3, -0.25) is 4.68 Å². The predicted molar refractivity (Wildman–Crippen MR) is 38.9 cm³/mol. The molecule has 1 unspecified atom stereocenters. The van der Waals surface area contributed by atoms with Gasteiger partial charge in [-0.2, -0.15) is 5.10 Å². The highest BCUT2D eigenvalue weighted by molar-refractivity contribution is 4.76. The molecule has 0 saturated heterocycles. The lowest BCUT2D eigenvalue weighted by Gasteiger charge is -2.08. The van der Waals surface area contributed by atoms with Crippen LogP contribution in [0.2, 0.25) is 0 Å². The van der Waals surface area contributed by atoms with Crippen LogP contribution >= 0.6 is 0 Å². The zero-order valence-corrected chi connectivity index (χ0v) is 6.40. The molecule has 1 rings (SSSR count). The van der Waals surface area contributed by atoms with E-state index in [4.69, 9.17) is 4.74 Å². The second-order valence-electron chi connectivity index (χ2n) is 2.28. The number of methoxy groups -OCH3 is 1. The van der Waals surface area contributed by atoms with E-state index in [1.54, 1.807) is 24.1 Å². The molecule has 0 spiro atoms. The van der Waals surface area contributed by atoms with Gasteiger partial charge >= 0.3 is 0 Å². The molecular weight excluding hydrogens is 144 g/mol. The van der Waals surface area contributed by atoms with Gasteiger partial charge in [0.2, 0.25) is 0 Å². The van der Waals surface area contributed by atoms with Crippen LogP contribution in [-0.4, -0.2) is 34.7 Å². The fraction of sp³-hybridized carbons (Fsp3) is 0.571. The fourth-order valence-electron chi connectivity index (χ4n) is 0.823.